The molecule has 1 aromatic carbocycles. The van der Waals surface area contributed by atoms with Crippen LogP contribution in [0.4, 0.5) is 0 Å². The number of rotatable bonds is 1. The van der Waals surface area contributed by atoms with Gasteiger partial charge in [-0.15, -0.1) is 0 Å². The van der Waals surface area contributed by atoms with Gasteiger partial charge < -0.3 is 9.47 Å². The topological polar surface area (TPSA) is 18.5 Å². The zero-order valence-electron chi connectivity index (χ0n) is 10.4. The molecule has 0 fully saturated rings. The van der Waals surface area contributed by atoms with E-state index in [4.69, 9.17) is 9.47 Å². The van der Waals surface area contributed by atoms with E-state index >= 15 is 0 Å². The van der Waals surface area contributed by atoms with Crippen LogP contribution < -0.4 is 9.47 Å². The van der Waals surface area contributed by atoms with Crippen molar-refractivity contribution in [1.29, 1.82) is 0 Å². The van der Waals surface area contributed by atoms with Crippen molar-refractivity contribution in [2.45, 2.75) is 31.8 Å². The number of ether oxygens (including phenoxy) is 2. The van der Waals surface area contributed by atoms with E-state index in [9.17, 15) is 0 Å². The number of benzene rings is 1. The van der Waals surface area contributed by atoms with Crippen molar-refractivity contribution in [3.63, 3.8) is 0 Å². The highest BCUT2D eigenvalue weighted by Crippen LogP contribution is 2.46. The van der Waals surface area contributed by atoms with E-state index in [0.717, 1.165) is 30.8 Å². The third-order valence-corrected chi connectivity index (χ3v) is 4.02. The number of hydrogen-bond acceptors (Lipinski definition) is 2. The molecule has 0 bridgehead atoms. The van der Waals surface area contributed by atoms with Gasteiger partial charge in [0.25, 0.3) is 0 Å². The lowest BCUT2D eigenvalue weighted by Gasteiger charge is -2.43. The molecule has 90 valence electrons. The Balaban J connectivity index is 2.05. The molecule has 0 radical (unpaired) electrons. The van der Waals surface area contributed by atoms with Crippen molar-refractivity contribution in [1.82, 2.24) is 0 Å². The van der Waals surface area contributed by atoms with E-state index in [0.29, 0.717) is 5.92 Å². The maximum absolute atomic E-state index is 6.27. The van der Waals surface area contributed by atoms with Gasteiger partial charge in [0, 0.05) is 5.92 Å². The monoisotopic (exact) mass is 230 g/mol. The zero-order valence-corrected chi connectivity index (χ0v) is 10.4. The van der Waals surface area contributed by atoms with E-state index in [1.807, 2.05) is 12.1 Å². The number of para-hydroxylation sites is 1. The van der Waals surface area contributed by atoms with Crippen LogP contribution in [0.25, 0.3) is 0 Å². The van der Waals surface area contributed by atoms with Gasteiger partial charge in [-0.1, -0.05) is 24.3 Å². The Labute approximate surface area is 102 Å². The Morgan fingerprint density at radius 2 is 2.29 bits per heavy atom. The quantitative estimate of drug-likeness (QED) is 0.689. The minimum Gasteiger partial charge on any atom is -0.493 e. The van der Waals surface area contributed by atoms with Gasteiger partial charge in [0.1, 0.15) is 5.60 Å². The summed E-state index contributed by atoms with van der Waals surface area (Å²) in [7, 11) is 1.70. The predicted molar refractivity (Wildman–Crippen MR) is 67.6 cm³/mol. The minimum atomic E-state index is -0.0591. The summed E-state index contributed by atoms with van der Waals surface area (Å²) in [6.45, 7) is 2.22. The SMILES string of the molecule is COc1cccc2c1O[C@@]1(C)CCC=C[C@@H]1C2. The average molecular weight is 230 g/mol. The summed E-state index contributed by atoms with van der Waals surface area (Å²) in [5.41, 5.74) is 1.20. The Hall–Kier alpha value is -1.44. The highest BCUT2D eigenvalue weighted by molar-refractivity contribution is 5.49. The van der Waals surface area contributed by atoms with Gasteiger partial charge in [0.05, 0.1) is 7.11 Å². The zero-order chi connectivity index (χ0) is 11.9. The fraction of sp³-hybridized carbons (Fsp3) is 0.467. The van der Waals surface area contributed by atoms with Crippen LogP contribution in [-0.4, -0.2) is 12.7 Å². The number of hydrogen-bond donors (Lipinski definition) is 0. The van der Waals surface area contributed by atoms with Crippen LogP contribution in [0.1, 0.15) is 25.3 Å². The smallest absolute Gasteiger partial charge is 0.165 e. The second-order valence-electron chi connectivity index (χ2n) is 5.14. The first-order chi connectivity index (χ1) is 8.23. The predicted octanol–water partition coefficient (Wildman–Crippen LogP) is 3.36. The fourth-order valence-corrected chi connectivity index (χ4v) is 2.90. The van der Waals surface area contributed by atoms with Crippen LogP contribution in [0, 0.1) is 5.92 Å². The first-order valence-electron chi connectivity index (χ1n) is 6.24. The summed E-state index contributed by atoms with van der Waals surface area (Å²) in [6.07, 6.45) is 7.84. The maximum atomic E-state index is 6.27. The molecule has 17 heavy (non-hydrogen) atoms. The van der Waals surface area contributed by atoms with Crippen LogP contribution >= 0.6 is 0 Å². The minimum absolute atomic E-state index is 0.0591. The largest absolute Gasteiger partial charge is 0.493 e. The van der Waals surface area contributed by atoms with Crippen LogP contribution in [0.2, 0.25) is 0 Å². The molecule has 1 heterocycles. The fourth-order valence-electron chi connectivity index (χ4n) is 2.90. The van der Waals surface area contributed by atoms with Gasteiger partial charge in [0.2, 0.25) is 0 Å². The lowest BCUT2D eigenvalue weighted by molar-refractivity contribution is 0.0149. The molecule has 1 aromatic rings. The van der Waals surface area contributed by atoms with Crippen LogP contribution in [0.3, 0.4) is 0 Å². The van der Waals surface area contributed by atoms with Crippen LogP contribution in [-0.2, 0) is 6.42 Å². The molecule has 3 rings (SSSR count). The molecule has 0 N–H and O–H groups in total. The summed E-state index contributed by atoms with van der Waals surface area (Å²) < 4.78 is 11.7. The molecule has 2 atom stereocenters. The molecule has 1 aliphatic carbocycles. The summed E-state index contributed by atoms with van der Waals surface area (Å²) in [4.78, 5) is 0. The van der Waals surface area contributed by atoms with E-state index in [-0.39, 0.29) is 5.60 Å². The van der Waals surface area contributed by atoms with E-state index in [2.05, 4.69) is 25.1 Å². The van der Waals surface area contributed by atoms with Crippen molar-refractivity contribution in [2.75, 3.05) is 7.11 Å². The number of allylic oxidation sites excluding steroid dienone is 1. The van der Waals surface area contributed by atoms with Crippen molar-refractivity contribution in [3.05, 3.63) is 35.9 Å². The standard InChI is InChI=1S/C15H18O2/c1-15-9-4-3-7-12(15)10-11-6-5-8-13(16-2)14(11)17-15/h3,5-8,12H,4,9-10H2,1-2H3/t12-,15+/m1/s1. The van der Waals surface area contributed by atoms with Crippen molar-refractivity contribution in [3.8, 4) is 11.5 Å². The van der Waals surface area contributed by atoms with E-state index in [1.165, 1.54) is 5.56 Å². The molecule has 0 unspecified atom stereocenters. The number of methoxy groups -OCH3 is 1. The third-order valence-electron chi connectivity index (χ3n) is 4.02. The van der Waals surface area contributed by atoms with Gasteiger partial charge in [-0.2, -0.15) is 0 Å². The molecule has 0 amide bonds. The lowest BCUT2D eigenvalue weighted by atomic mass is 9.75. The normalized spacial score (nSPS) is 30.1. The van der Waals surface area contributed by atoms with Gasteiger partial charge in [-0.25, -0.2) is 0 Å². The summed E-state index contributed by atoms with van der Waals surface area (Å²) in [6, 6.07) is 6.15. The molecular weight excluding hydrogens is 212 g/mol. The molecule has 0 spiro atoms. The molecule has 2 heteroatoms. The first-order valence-corrected chi connectivity index (χ1v) is 6.24. The molecule has 1 aliphatic heterocycles. The summed E-state index contributed by atoms with van der Waals surface area (Å²) in [5.74, 6) is 2.30. The molecule has 0 aromatic heterocycles. The molecular formula is C15H18O2. The van der Waals surface area contributed by atoms with E-state index < -0.39 is 0 Å². The molecule has 0 saturated heterocycles. The van der Waals surface area contributed by atoms with Gasteiger partial charge in [-0.3, -0.25) is 0 Å². The Bertz CT molecular complexity index is 464. The number of fused-ring (bicyclic) bond motifs is 2. The Morgan fingerprint density at radius 3 is 3.12 bits per heavy atom. The van der Waals surface area contributed by atoms with Crippen molar-refractivity contribution >= 4 is 0 Å². The second-order valence-corrected chi connectivity index (χ2v) is 5.14. The third kappa shape index (κ3) is 1.63. The second kappa shape index (κ2) is 3.80. The van der Waals surface area contributed by atoms with Gasteiger partial charge in [0.15, 0.2) is 11.5 Å². The van der Waals surface area contributed by atoms with Crippen molar-refractivity contribution in [2.24, 2.45) is 5.92 Å². The summed E-state index contributed by atoms with van der Waals surface area (Å²) in [5, 5.41) is 0. The van der Waals surface area contributed by atoms with E-state index in [1.54, 1.807) is 7.11 Å². The molecule has 2 aliphatic rings. The highest BCUT2D eigenvalue weighted by atomic mass is 16.5. The van der Waals surface area contributed by atoms with Gasteiger partial charge >= 0.3 is 0 Å². The Kier molecular flexibility index (Phi) is 2.39. The lowest BCUT2D eigenvalue weighted by Crippen LogP contribution is -2.45. The molecule has 2 nitrogen and oxygen atoms in total. The van der Waals surface area contributed by atoms with Gasteiger partial charge in [-0.05, 0) is 37.8 Å². The average Bonchev–Trinajstić information content (AvgIpc) is 2.35. The van der Waals surface area contributed by atoms with Crippen LogP contribution in [0.5, 0.6) is 11.5 Å². The summed E-state index contributed by atoms with van der Waals surface area (Å²) >= 11 is 0. The highest BCUT2D eigenvalue weighted by Gasteiger charge is 2.41. The maximum Gasteiger partial charge on any atom is 0.165 e. The Morgan fingerprint density at radius 1 is 1.41 bits per heavy atom. The molecule has 0 saturated carbocycles. The first kappa shape index (κ1) is 10.7. The van der Waals surface area contributed by atoms with Crippen molar-refractivity contribution < 1.29 is 9.47 Å². The van der Waals surface area contributed by atoms with Crippen LogP contribution in [0.15, 0.2) is 30.4 Å².